The molecule has 0 saturated heterocycles. The molecule has 0 bridgehead atoms. The third kappa shape index (κ3) is 1.93. The lowest BCUT2D eigenvalue weighted by Crippen LogP contribution is -1.88. The third-order valence-electron chi connectivity index (χ3n) is 2.58. The van der Waals surface area contributed by atoms with Crippen LogP contribution in [-0.2, 0) is 0 Å². The van der Waals surface area contributed by atoms with Crippen LogP contribution in [0.25, 0.3) is 21.7 Å². The van der Waals surface area contributed by atoms with Gasteiger partial charge >= 0.3 is 0 Å². The van der Waals surface area contributed by atoms with Crippen molar-refractivity contribution >= 4 is 33.1 Å². The van der Waals surface area contributed by atoms with Gasteiger partial charge in [-0.15, -0.1) is 11.3 Å². The van der Waals surface area contributed by atoms with E-state index in [1.54, 1.807) is 23.7 Å². The summed E-state index contributed by atoms with van der Waals surface area (Å²) in [6, 6.07) is 7.89. The van der Waals surface area contributed by atoms with Crippen molar-refractivity contribution in [2.75, 3.05) is 5.73 Å². The highest BCUT2D eigenvalue weighted by Crippen LogP contribution is 2.38. The lowest BCUT2D eigenvalue weighted by Gasteiger charge is -2.01. The first-order chi connectivity index (χ1) is 8.75. The molecule has 0 atom stereocenters. The summed E-state index contributed by atoms with van der Waals surface area (Å²) >= 11 is 5.10. The lowest BCUT2D eigenvalue weighted by atomic mass is 10.1. The molecule has 0 aliphatic carbocycles. The molecule has 3 aromatic rings. The molecule has 0 unspecified atom stereocenters. The van der Waals surface area contributed by atoms with E-state index in [1.807, 2.05) is 24.3 Å². The van der Waals surface area contributed by atoms with E-state index in [9.17, 15) is 0 Å². The molecule has 6 heteroatoms. The summed E-state index contributed by atoms with van der Waals surface area (Å²) in [6.07, 6.45) is 3.49. The van der Waals surface area contributed by atoms with Crippen molar-refractivity contribution in [3.8, 4) is 21.7 Å². The van der Waals surface area contributed by atoms with Gasteiger partial charge in [0.1, 0.15) is 0 Å². The van der Waals surface area contributed by atoms with Crippen molar-refractivity contribution < 1.29 is 0 Å². The number of rotatable bonds is 2. The Morgan fingerprint density at radius 2 is 1.94 bits per heavy atom. The largest absolute Gasteiger partial charge is 0.382 e. The van der Waals surface area contributed by atoms with Crippen molar-refractivity contribution in [1.29, 1.82) is 0 Å². The summed E-state index contributed by atoms with van der Waals surface area (Å²) in [5.74, 6) is 0.501. The van der Waals surface area contributed by atoms with Gasteiger partial charge in [0.2, 0.25) is 0 Å². The number of thiophene rings is 1. The van der Waals surface area contributed by atoms with Gasteiger partial charge in [-0.3, -0.25) is 10.1 Å². The number of nitrogens with one attached hydrogen (secondary N) is 1. The Balaban J connectivity index is 2.18. The van der Waals surface area contributed by atoms with Crippen molar-refractivity contribution in [3.63, 3.8) is 0 Å². The van der Waals surface area contributed by atoms with E-state index < -0.39 is 0 Å². The number of pyridine rings is 1. The van der Waals surface area contributed by atoms with Crippen LogP contribution in [0.3, 0.4) is 0 Å². The van der Waals surface area contributed by atoms with Gasteiger partial charge in [0.25, 0.3) is 0 Å². The van der Waals surface area contributed by atoms with Crippen LogP contribution in [0.1, 0.15) is 0 Å². The predicted octanol–water partition coefficient (Wildman–Crippen LogP) is 3.54. The minimum atomic E-state index is 0.501. The molecule has 0 spiro atoms. The van der Waals surface area contributed by atoms with Gasteiger partial charge in [0.05, 0.1) is 19.9 Å². The number of nitrogens with two attached hydrogens (primary N) is 1. The average molecular weight is 321 g/mol. The van der Waals surface area contributed by atoms with E-state index in [0.29, 0.717) is 5.82 Å². The Morgan fingerprint density at radius 1 is 1.17 bits per heavy atom. The topological polar surface area (TPSA) is 67.6 Å². The van der Waals surface area contributed by atoms with E-state index in [0.717, 1.165) is 25.5 Å². The highest BCUT2D eigenvalue weighted by atomic mass is 79.9. The maximum Gasteiger partial charge on any atom is 0.153 e. The SMILES string of the molecule is Nc1n[nH]c(-c2ccc(Br)s2)c1-c1ccncc1. The molecule has 0 aliphatic rings. The highest BCUT2D eigenvalue weighted by molar-refractivity contribution is 9.11. The Kier molecular flexibility index (Phi) is 2.89. The number of hydrogen-bond donors (Lipinski definition) is 2. The van der Waals surface area contributed by atoms with Crippen molar-refractivity contribution in [2.45, 2.75) is 0 Å². The molecule has 0 amide bonds. The second-order valence-electron chi connectivity index (χ2n) is 3.70. The molecule has 0 fully saturated rings. The summed E-state index contributed by atoms with van der Waals surface area (Å²) in [5, 5.41) is 7.10. The van der Waals surface area contributed by atoms with Gasteiger partial charge in [-0.05, 0) is 45.8 Å². The van der Waals surface area contributed by atoms with Crippen LogP contribution < -0.4 is 5.73 Å². The van der Waals surface area contributed by atoms with Crippen LogP contribution in [0.15, 0.2) is 40.4 Å². The fraction of sp³-hybridized carbons (Fsp3) is 0. The maximum atomic E-state index is 5.95. The van der Waals surface area contributed by atoms with Crippen LogP contribution in [0.2, 0.25) is 0 Å². The second kappa shape index (κ2) is 4.55. The predicted molar refractivity (Wildman–Crippen MR) is 77.2 cm³/mol. The number of nitrogens with zero attached hydrogens (tertiary/aromatic N) is 2. The molecular formula is C12H9BrN4S. The molecule has 3 heterocycles. The molecule has 18 heavy (non-hydrogen) atoms. The Bertz CT molecular complexity index is 674. The van der Waals surface area contributed by atoms with Crippen LogP contribution in [0, 0.1) is 0 Å². The second-order valence-corrected chi connectivity index (χ2v) is 6.16. The first-order valence-electron chi connectivity index (χ1n) is 5.25. The number of anilines is 1. The molecular weight excluding hydrogens is 312 g/mol. The molecule has 0 aliphatic heterocycles. The maximum absolute atomic E-state index is 5.95. The summed E-state index contributed by atoms with van der Waals surface area (Å²) in [7, 11) is 0. The van der Waals surface area contributed by atoms with Crippen LogP contribution in [0.4, 0.5) is 5.82 Å². The summed E-state index contributed by atoms with van der Waals surface area (Å²) in [5.41, 5.74) is 8.82. The molecule has 0 radical (unpaired) electrons. The van der Waals surface area contributed by atoms with E-state index in [1.165, 1.54) is 0 Å². The van der Waals surface area contributed by atoms with Gasteiger partial charge in [0.15, 0.2) is 5.82 Å². The average Bonchev–Trinajstić information content (AvgIpc) is 2.96. The zero-order valence-electron chi connectivity index (χ0n) is 9.22. The summed E-state index contributed by atoms with van der Waals surface area (Å²) in [4.78, 5) is 5.11. The highest BCUT2D eigenvalue weighted by Gasteiger charge is 2.15. The standard InChI is InChI=1S/C12H9BrN4S/c13-9-2-1-8(18-9)11-10(12(14)17-16-11)7-3-5-15-6-4-7/h1-6H,(H3,14,16,17). The van der Waals surface area contributed by atoms with Gasteiger partial charge in [-0.25, -0.2) is 0 Å². The van der Waals surface area contributed by atoms with Crippen molar-refractivity contribution in [3.05, 3.63) is 40.4 Å². The Hall–Kier alpha value is -1.66. The number of halogens is 1. The van der Waals surface area contributed by atoms with Crippen LogP contribution >= 0.6 is 27.3 Å². The van der Waals surface area contributed by atoms with E-state index in [4.69, 9.17) is 5.73 Å². The third-order valence-corrected chi connectivity index (χ3v) is 4.22. The molecule has 3 rings (SSSR count). The fourth-order valence-corrected chi connectivity index (χ4v) is 3.18. The molecule has 4 nitrogen and oxygen atoms in total. The normalized spacial score (nSPS) is 10.7. The zero-order chi connectivity index (χ0) is 12.5. The Morgan fingerprint density at radius 3 is 2.61 bits per heavy atom. The van der Waals surface area contributed by atoms with Gasteiger partial charge in [-0.1, -0.05) is 0 Å². The lowest BCUT2D eigenvalue weighted by molar-refractivity contribution is 1.11. The molecule has 0 saturated carbocycles. The monoisotopic (exact) mass is 320 g/mol. The number of H-pyrrole nitrogens is 1. The number of nitrogen functional groups attached to an aromatic ring is 1. The molecule has 0 aromatic carbocycles. The number of aromatic nitrogens is 3. The molecule has 3 N–H and O–H groups in total. The van der Waals surface area contributed by atoms with E-state index in [-0.39, 0.29) is 0 Å². The summed E-state index contributed by atoms with van der Waals surface area (Å²) < 4.78 is 1.08. The zero-order valence-corrected chi connectivity index (χ0v) is 11.6. The minimum absolute atomic E-state index is 0.501. The van der Waals surface area contributed by atoms with Gasteiger partial charge in [-0.2, -0.15) is 5.10 Å². The fourth-order valence-electron chi connectivity index (χ4n) is 1.79. The van der Waals surface area contributed by atoms with E-state index >= 15 is 0 Å². The van der Waals surface area contributed by atoms with Crippen molar-refractivity contribution in [1.82, 2.24) is 15.2 Å². The number of aromatic amines is 1. The van der Waals surface area contributed by atoms with Gasteiger partial charge in [0, 0.05) is 12.4 Å². The van der Waals surface area contributed by atoms with E-state index in [2.05, 4.69) is 31.1 Å². The quantitative estimate of drug-likeness (QED) is 0.758. The smallest absolute Gasteiger partial charge is 0.153 e. The minimum Gasteiger partial charge on any atom is -0.382 e. The first kappa shape index (κ1) is 11.4. The van der Waals surface area contributed by atoms with Crippen molar-refractivity contribution in [2.24, 2.45) is 0 Å². The molecule has 90 valence electrons. The Labute approximate surface area is 116 Å². The van der Waals surface area contributed by atoms with Crippen LogP contribution in [0.5, 0.6) is 0 Å². The first-order valence-corrected chi connectivity index (χ1v) is 6.86. The van der Waals surface area contributed by atoms with Gasteiger partial charge < -0.3 is 5.73 Å². The van der Waals surface area contributed by atoms with Crippen LogP contribution in [-0.4, -0.2) is 15.2 Å². The summed E-state index contributed by atoms with van der Waals surface area (Å²) in [6.45, 7) is 0. The number of hydrogen-bond acceptors (Lipinski definition) is 4. The molecule has 3 aromatic heterocycles.